The van der Waals surface area contributed by atoms with Crippen molar-refractivity contribution in [2.75, 3.05) is 35.2 Å². The molecule has 18 heavy (non-hydrogen) atoms. The summed E-state index contributed by atoms with van der Waals surface area (Å²) in [5.41, 5.74) is 11.7. The van der Waals surface area contributed by atoms with E-state index in [1.165, 1.54) is 11.3 Å². The first-order valence-corrected chi connectivity index (χ1v) is 7.57. The highest BCUT2D eigenvalue weighted by atomic mass is 32.2. The third-order valence-electron chi connectivity index (χ3n) is 2.77. The van der Waals surface area contributed by atoms with Gasteiger partial charge in [-0.05, 0) is 12.2 Å². The van der Waals surface area contributed by atoms with E-state index in [9.17, 15) is 10.1 Å². The van der Waals surface area contributed by atoms with Crippen LogP contribution >= 0.6 is 23.1 Å². The van der Waals surface area contributed by atoms with Crippen LogP contribution in [0.2, 0.25) is 0 Å². The fraction of sp³-hybridized carbons (Fsp3) is 0.455. The average molecular weight is 282 g/mol. The molecule has 2 rings (SSSR count). The molecular weight excluding hydrogens is 268 g/mol. The Morgan fingerprint density at radius 3 is 2.83 bits per heavy atom. The first kappa shape index (κ1) is 13.1. The monoisotopic (exact) mass is 282 g/mol. The Labute approximate surface area is 114 Å². The van der Waals surface area contributed by atoms with Crippen molar-refractivity contribution in [2.24, 2.45) is 5.73 Å². The number of hydrogen-bond donors (Lipinski definition) is 2. The van der Waals surface area contributed by atoms with Gasteiger partial charge in [0.1, 0.15) is 21.5 Å². The number of rotatable bonds is 2. The molecule has 1 aromatic rings. The van der Waals surface area contributed by atoms with Crippen LogP contribution in [0.4, 0.5) is 10.7 Å². The summed E-state index contributed by atoms with van der Waals surface area (Å²) < 4.78 is 0. The molecule has 1 saturated heterocycles. The minimum absolute atomic E-state index is 0.224. The summed E-state index contributed by atoms with van der Waals surface area (Å²) in [6.07, 6.45) is 1.07. The van der Waals surface area contributed by atoms with E-state index < -0.39 is 5.91 Å². The fourth-order valence-corrected chi connectivity index (χ4v) is 3.86. The number of anilines is 2. The van der Waals surface area contributed by atoms with Crippen LogP contribution in [0.25, 0.3) is 0 Å². The molecule has 0 aliphatic carbocycles. The number of nitriles is 1. The minimum Gasteiger partial charge on any atom is -0.396 e. The number of nitrogens with zero attached hydrogens (tertiary/aromatic N) is 2. The number of hydrogen-bond acceptors (Lipinski definition) is 6. The zero-order valence-electron chi connectivity index (χ0n) is 9.81. The second-order valence-electron chi connectivity index (χ2n) is 3.95. The van der Waals surface area contributed by atoms with Gasteiger partial charge in [-0.2, -0.15) is 17.0 Å². The van der Waals surface area contributed by atoms with Crippen molar-refractivity contribution in [1.82, 2.24) is 0 Å². The van der Waals surface area contributed by atoms with Crippen LogP contribution in [-0.2, 0) is 0 Å². The largest absolute Gasteiger partial charge is 0.396 e. The van der Waals surface area contributed by atoms with Crippen molar-refractivity contribution in [2.45, 2.75) is 6.42 Å². The second kappa shape index (κ2) is 5.50. The lowest BCUT2D eigenvalue weighted by Gasteiger charge is -2.20. The first-order chi connectivity index (χ1) is 8.65. The molecule has 0 aromatic carbocycles. The molecule has 1 aliphatic heterocycles. The van der Waals surface area contributed by atoms with E-state index in [0.717, 1.165) is 36.0 Å². The maximum absolute atomic E-state index is 11.3. The summed E-state index contributed by atoms with van der Waals surface area (Å²) in [7, 11) is 0. The third kappa shape index (κ3) is 2.40. The van der Waals surface area contributed by atoms with Crippen molar-refractivity contribution >= 4 is 39.7 Å². The van der Waals surface area contributed by atoms with Gasteiger partial charge in [0, 0.05) is 18.8 Å². The van der Waals surface area contributed by atoms with E-state index in [1.54, 1.807) is 0 Å². The lowest BCUT2D eigenvalue weighted by molar-refractivity contribution is 0.100. The topological polar surface area (TPSA) is 96.1 Å². The van der Waals surface area contributed by atoms with E-state index in [4.69, 9.17) is 11.5 Å². The molecular formula is C11H14N4OS2. The summed E-state index contributed by atoms with van der Waals surface area (Å²) in [5, 5.41) is 9.97. The molecule has 0 spiro atoms. The maximum atomic E-state index is 11.3. The summed E-state index contributed by atoms with van der Waals surface area (Å²) >= 11 is 3.13. The summed E-state index contributed by atoms with van der Waals surface area (Å²) in [5.74, 6) is 1.58. The second-order valence-corrected chi connectivity index (χ2v) is 6.18. The van der Waals surface area contributed by atoms with Gasteiger partial charge in [-0.15, -0.1) is 11.3 Å². The molecule has 7 heteroatoms. The lowest BCUT2D eigenvalue weighted by Crippen LogP contribution is -2.25. The maximum Gasteiger partial charge on any atom is 0.261 e. The highest BCUT2D eigenvalue weighted by Gasteiger charge is 2.23. The van der Waals surface area contributed by atoms with E-state index in [-0.39, 0.29) is 5.69 Å². The van der Waals surface area contributed by atoms with Gasteiger partial charge in [-0.25, -0.2) is 0 Å². The van der Waals surface area contributed by atoms with Crippen LogP contribution in [-0.4, -0.2) is 30.5 Å². The SMILES string of the molecule is N#Cc1c(N2CCCSCC2)sc(C(N)=O)c1N. The molecule has 1 aromatic heterocycles. The van der Waals surface area contributed by atoms with Crippen molar-refractivity contribution in [1.29, 1.82) is 5.26 Å². The van der Waals surface area contributed by atoms with Crippen LogP contribution < -0.4 is 16.4 Å². The van der Waals surface area contributed by atoms with Gasteiger partial charge in [-0.3, -0.25) is 4.79 Å². The third-order valence-corrected chi connectivity index (χ3v) is 5.10. The van der Waals surface area contributed by atoms with Crippen molar-refractivity contribution in [3.8, 4) is 6.07 Å². The smallest absolute Gasteiger partial charge is 0.261 e. The fourth-order valence-electron chi connectivity index (χ4n) is 1.89. The Hall–Kier alpha value is -1.39. The molecule has 1 fully saturated rings. The number of primary amides is 1. The molecule has 0 unspecified atom stereocenters. The zero-order valence-corrected chi connectivity index (χ0v) is 11.4. The molecule has 0 bridgehead atoms. The molecule has 2 heterocycles. The number of nitrogens with two attached hydrogens (primary N) is 2. The highest BCUT2D eigenvalue weighted by molar-refractivity contribution is 7.99. The van der Waals surface area contributed by atoms with Gasteiger partial charge in [0.2, 0.25) is 0 Å². The average Bonchev–Trinajstić information content (AvgIpc) is 2.54. The van der Waals surface area contributed by atoms with Crippen LogP contribution in [0, 0.1) is 11.3 Å². The van der Waals surface area contributed by atoms with Gasteiger partial charge in [0.25, 0.3) is 5.91 Å². The number of thiophene rings is 1. The quantitative estimate of drug-likeness (QED) is 0.851. The molecule has 1 aliphatic rings. The normalized spacial score (nSPS) is 16.1. The summed E-state index contributed by atoms with van der Waals surface area (Å²) in [6, 6.07) is 2.09. The Kier molecular flexibility index (Phi) is 3.99. The highest BCUT2D eigenvalue weighted by Crippen LogP contribution is 2.38. The molecule has 0 atom stereocenters. The Balaban J connectivity index is 2.40. The van der Waals surface area contributed by atoms with Crippen LogP contribution in [0.15, 0.2) is 0 Å². The zero-order chi connectivity index (χ0) is 13.1. The molecule has 4 N–H and O–H groups in total. The van der Waals surface area contributed by atoms with Crippen LogP contribution in [0.5, 0.6) is 0 Å². The number of carbonyl (C=O) groups is 1. The van der Waals surface area contributed by atoms with Crippen molar-refractivity contribution in [3.63, 3.8) is 0 Å². The predicted octanol–water partition coefficient (Wildman–Crippen LogP) is 1.24. The number of thioether (sulfide) groups is 1. The van der Waals surface area contributed by atoms with E-state index in [2.05, 4.69) is 11.0 Å². The lowest BCUT2D eigenvalue weighted by atomic mass is 10.2. The van der Waals surface area contributed by atoms with E-state index in [1.807, 2.05) is 11.8 Å². The summed E-state index contributed by atoms with van der Waals surface area (Å²) in [6.45, 7) is 1.76. The van der Waals surface area contributed by atoms with E-state index in [0.29, 0.717) is 10.4 Å². The Morgan fingerprint density at radius 2 is 2.17 bits per heavy atom. The summed E-state index contributed by atoms with van der Waals surface area (Å²) in [4.78, 5) is 13.7. The Morgan fingerprint density at radius 1 is 1.39 bits per heavy atom. The van der Waals surface area contributed by atoms with Crippen molar-refractivity contribution in [3.05, 3.63) is 10.4 Å². The predicted molar refractivity (Wildman–Crippen MR) is 76.1 cm³/mol. The molecule has 96 valence electrons. The Bertz CT molecular complexity index is 498. The van der Waals surface area contributed by atoms with Crippen molar-refractivity contribution < 1.29 is 4.79 Å². The molecule has 0 radical (unpaired) electrons. The van der Waals surface area contributed by atoms with E-state index >= 15 is 0 Å². The standard InChI is InChI=1S/C11H14N4OS2/c12-6-7-8(13)9(10(14)16)18-11(7)15-2-1-4-17-5-3-15/h1-5,13H2,(H2,14,16). The van der Waals surface area contributed by atoms with Gasteiger partial charge < -0.3 is 16.4 Å². The minimum atomic E-state index is -0.565. The molecule has 0 saturated carbocycles. The van der Waals surface area contributed by atoms with Crippen LogP contribution in [0.1, 0.15) is 21.7 Å². The van der Waals surface area contributed by atoms with Crippen LogP contribution in [0.3, 0.4) is 0 Å². The number of nitrogen functional groups attached to an aromatic ring is 1. The molecule has 1 amide bonds. The number of amides is 1. The number of carbonyl (C=O) groups excluding carboxylic acids is 1. The van der Waals surface area contributed by atoms with Gasteiger partial charge in [0.15, 0.2) is 0 Å². The van der Waals surface area contributed by atoms with Gasteiger partial charge in [-0.1, -0.05) is 0 Å². The van der Waals surface area contributed by atoms with Gasteiger partial charge >= 0.3 is 0 Å². The molecule has 5 nitrogen and oxygen atoms in total. The first-order valence-electron chi connectivity index (χ1n) is 5.60. The van der Waals surface area contributed by atoms with Gasteiger partial charge in [0.05, 0.1) is 5.69 Å².